The molecule has 2 aromatic rings. The number of methoxy groups -OCH3 is 1. The number of aryl methyl sites for hydroxylation is 1. The molecular weight excluding hydrogens is 262 g/mol. The van der Waals surface area contributed by atoms with Gasteiger partial charge in [-0.25, -0.2) is 4.98 Å². The molecule has 0 spiro atoms. The van der Waals surface area contributed by atoms with E-state index in [0.717, 1.165) is 41.3 Å². The van der Waals surface area contributed by atoms with Crippen molar-refractivity contribution in [1.29, 1.82) is 0 Å². The number of imidazole rings is 1. The molecule has 2 rings (SSSR count). The molecule has 0 amide bonds. The summed E-state index contributed by atoms with van der Waals surface area (Å²) in [6.07, 6.45) is 2.01. The molecule has 0 saturated heterocycles. The molecule has 2 N–H and O–H groups in total. The summed E-state index contributed by atoms with van der Waals surface area (Å²) in [7, 11) is 1.70. The average molecular weight is 287 g/mol. The maximum absolute atomic E-state index is 6.34. The number of anilines is 1. The van der Waals surface area contributed by atoms with Gasteiger partial charge in [0, 0.05) is 25.1 Å². The monoisotopic (exact) mass is 287 g/mol. The second-order valence-electron chi connectivity index (χ2n) is 5.61. The number of benzene rings is 1. The van der Waals surface area contributed by atoms with E-state index in [4.69, 9.17) is 15.5 Å². The molecule has 0 saturated carbocycles. The summed E-state index contributed by atoms with van der Waals surface area (Å²) < 4.78 is 7.28. The number of aromatic nitrogens is 2. The largest absolute Gasteiger partial charge is 0.383 e. The van der Waals surface area contributed by atoms with Gasteiger partial charge in [0.1, 0.15) is 17.3 Å². The first kappa shape index (κ1) is 15.6. The van der Waals surface area contributed by atoms with Crippen LogP contribution in [0.4, 0.5) is 5.82 Å². The van der Waals surface area contributed by atoms with Crippen molar-refractivity contribution < 1.29 is 4.74 Å². The van der Waals surface area contributed by atoms with Gasteiger partial charge in [0.2, 0.25) is 0 Å². The topological polar surface area (TPSA) is 53.1 Å². The molecule has 0 aliphatic rings. The maximum Gasteiger partial charge on any atom is 0.131 e. The number of nitrogen functional groups attached to an aromatic ring is 1. The Morgan fingerprint density at radius 3 is 2.43 bits per heavy atom. The Labute approximate surface area is 127 Å². The van der Waals surface area contributed by atoms with E-state index in [1.165, 1.54) is 0 Å². The predicted molar refractivity (Wildman–Crippen MR) is 87.2 cm³/mol. The number of hydrogen-bond acceptors (Lipinski definition) is 3. The number of nitrogens with zero attached hydrogens (tertiary/aromatic N) is 2. The number of hydrogen-bond donors (Lipinski definition) is 1. The Kier molecular flexibility index (Phi) is 5.02. The van der Waals surface area contributed by atoms with Crippen LogP contribution in [0.5, 0.6) is 0 Å². The van der Waals surface area contributed by atoms with Crippen LogP contribution in [0.25, 0.3) is 11.3 Å². The van der Waals surface area contributed by atoms with Gasteiger partial charge in [-0.15, -0.1) is 0 Å². The van der Waals surface area contributed by atoms with E-state index < -0.39 is 0 Å². The van der Waals surface area contributed by atoms with Crippen LogP contribution in [0.3, 0.4) is 0 Å². The molecule has 0 unspecified atom stereocenters. The zero-order valence-electron chi connectivity index (χ0n) is 13.4. The number of nitrogens with two attached hydrogens (primary N) is 1. The van der Waals surface area contributed by atoms with Gasteiger partial charge in [0.25, 0.3) is 0 Å². The molecule has 21 heavy (non-hydrogen) atoms. The summed E-state index contributed by atoms with van der Waals surface area (Å²) in [5.41, 5.74) is 9.43. The van der Waals surface area contributed by atoms with E-state index >= 15 is 0 Å². The fraction of sp³-hybridized carbons (Fsp3) is 0.471. The van der Waals surface area contributed by atoms with Crippen molar-refractivity contribution in [3.8, 4) is 11.3 Å². The van der Waals surface area contributed by atoms with E-state index in [0.29, 0.717) is 12.6 Å². The molecule has 0 fully saturated rings. The van der Waals surface area contributed by atoms with Crippen molar-refractivity contribution in [2.24, 2.45) is 0 Å². The molecule has 4 nitrogen and oxygen atoms in total. The minimum absolute atomic E-state index is 0.320. The van der Waals surface area contributed by atoms with Crippen LogP contribution in [0.15, 0.2) is 24.3 Å². The lowest BCUT2D eigenvalue weighted by atomic mass is 10.1. The van der Waals surface area contributed by atoms with Crippen molar-refractivity contribution in [3.63, 3.8) is 0 Å². The summed E-state index contributed by atoms with van der Waals surface area (Å²) in [6, 6.07) is 8.57. The minimum Gasteiger partial charge on any atom is -0.383 e. The number of ether oxygens (including phenoxy) is 1. The Bertz CT molecular complexity index is 585. The van der Waals surface area contributed by atoms with Crippen LogP contribution in [-0.2, 0) is 17.8 Å². The average Bonchev–Trinajstić information content (AvgIpc) is 2.77. The van der Waals surface area contributed by atoms with Gasteiger partial charge in [-0.05, 0) is 25.8 Å². The van der Waals surface area contributed by atoms with Crippen LogP contribution in [-0.4, -0.2) is 16.7 Å². The van der Waals surface area contributed by atoms with Gasteiger partial charge in [-0.2, -0.15) is 0 Å². The highest BCUT2D eigenvalue weighted by Crippen LogP contribution is 2.29. The van der Waals surface area contributed by atoms with E-state index in [1.807, 2.05) is 0 Å². The molecule has 0 aliphatic carbocycles. The summed E-state index contributed by atoms with van der Waals surface area (Å²) in [5.74, 6) is 1.83. The molecule has 0 atom stereocenters. The highest BCUT2D eigenvalue weighted by Gasteiger charge is 2.17. The lowest BCUT2D eigenvalue weighted by Gasteiger charge is -2.13. The van der Waals surface area contributed by atoms with Crippen LogP contribution < -0.4 is 5.73 Å². The zero-order chi connectivity index (χ0) is 15.4. The summed E-state index contributed by atoms with van der Waals surface area (Å²) >= 11 is 0. The van der Waals surface area contributed by atoms with E-state index in [2.05, 4.69) is 49.6 Å². The van der Waals surface area contributed by atoms with Gasteiger partial charge in [0.15, 0.2) is 0 Å². The quantitative estimate of drug-likeness (QED) is 0.879. The Morgan fingerprint density at radius 2 is 1.90 bits per heavy atom. The highest BCUT2D eigenvalue weighted by atomic mass is 16.5. The van der Waals surface area contributed by atoms with Gasteiger partial charge in [-0.1, -0.05) is 31.2 Å². The Balaban J connectivity index is 2.41. The van der Waals surface area contributed by atoms with Crippen LogP contribution >= 0.6 is 0 Å². The predicted octanol–water partition coefficient (Wildman–Crippen LogP) is 3.81. The lowest BCUT2D eigenvalue weighted by Crippen LogP contribution is -2.09. The zero-order valence-corrected chi connectivity index (χ0v) is 13.4. The molecule has 1 heterocycles. The second kappa shape index (κ2) is 6.76. The second-order valence-corrected chi connectivity index (χ2v) is 5.61. The third-order valence-electron chi connectivity index (χ3n) is 3.55. The first-order valence-electron chi connectivity index (χ1n) is 7.53. The Morgan fingerprint density at radius 1 is 1.24 bits per heavy atom. The molecule has 0 radical (unpaired) electrons. The van der Waals surface area contributed by atoms with Gasteiger partial charge in [0.05, 0.1) is 6.61 Å². The maximum atomic E-state index is 6.34. The SMILES string of the molecule is CCCc1nc(-c2ccc(COC)cc2)c(N)n1C(C)C. The molecule has 1 aromatic heterocycles. The van der Waals surface area contributed by atoms with Crippen LogP contribution in [0.1, 0.15) is 44.6 Å². The van der Waals surface area contributed by atoms with E-state index in [1.54, 1.807) is 7.11 Å². The first-order chi connectivity index (χ1) is 10.1. The molecule has 1 aromatic carbocycles. The van der Waals surface area contributed by atoms with Crippen molar-refractivity contribution >= 4 is 5.82 Å². The van der Waals surface area contributed by atoms with Crippen molar-refractivity contribution in [1.82, 2.24) is 9.55 Å². The first-order valence-corrected chi connectivity index (χ1v) is 7.53. The molecule has 4 heteroatoms. The lowest BCUT2D eigenvalue weighted by molar-refractivity contribution is 0.185. The minimum atomic E-state index is 0.320. The highest BCUT2D eigenvalue weighted by molar-refractivity contribution is 5.71. The van der Waals surface area contributed by atoms with Crippen LogP contribution in [0.2, 0.25) is 0 Å². The molecule has 114 valence electrons. The molecule has 0 aliphatic heterocycles. The summed E-state index contributed by atoms with van der Waals surface area (Å²) in [5, 5.41) is 0. The third-order valence-corrected chi connectivity index (χ3v) is 3.55. The van der Waals surface area contributed by atoms with Gasteiger partial charge < -0.3 is 15.0 Å². The number of rotatable bonds is 6. The van der Waals surface area contributed by atoms with E-state index in [9.17, 15) is 0 Å². The fourth-order valence-corrected chi connectivity index (χ4v) is 2.61. The normalized spacial score (nSPS) is 11.3. The molecular formula is C17H25N3O. The fourth-order valence-electron chi connectivity index (χ4n) is 2.61. The third kappa shape index (κ3) is 3.27. The summed E-state index contributed by atoms with van der Waals surface area (Å²) in [4.78, 5) is 4.77. The van der Waals surface area contributed by atoms with Crippen molar-refractivity contribution in [2.75, 3.05) is 12.8 Å². The van der Waals surface area contributed by atoms with Crippen LogP contribution in [0, 0.1) is 0 Å². The van der Waals surface area contributed by atoms with Crippen molar-refractivity contribution in [2.45, 2.75) is 46.3 Å². The molecule has 0 bridgehead atoms. The smallest absolute Gasteiger partial charge is 0.131 e. The Hall–Kier alpha value is -1.81. The van der Waals surface area contributed by atoms with E-state index in [-0.39, 0.29) is 0 Å². The standard InChI is InChI=1S/C17H25N3O/c1-5-6-15-19-16(17(18)20(15)12(2)3)14-9-7-13(8-10-14)11-21-4/h7-10,12H,5-6,11,18H2,1-4H3. The van der Waals surface area contributed by atoms with Gasteiger partial charge in [-0.3, -0.25) is 0 Å². The van der Waals surface area contributed by atoms with Crippen molar-refractivity contribution in [3.05, 3.63) is 35.7 Å². The summed E-state index contributed by atoms with van der Waals surface area (Å²) in [6.45, 7) is 7.07. The van der Waals surface area contributed by atoms with Gasteiger partial charge >= 0.3 is 0 Å².